The Kier molecular flexibility index (Phi) is 2.96. The second-order valence-electron chi connectivity index (χ2n) is 6.55. The highest BCUT2D eigenvalue weighted by Gasteiger charge is 2.40. The predicted octanol–water partition coefficient (Wildman–Crippen LogP) is 3.71. The summed E-state index contributed by atoms with van der Waals surface area (Å²) in [4.78, 5) is 13.3. The third-order valence-electron chi connectivity index (χ3n) is 5.21. The topological polar surface area (TPSA) is 55.1 Å². The van der Waals surface area contributed by atoms with Crippen molar-refractivity contribution in [2.45, 2.75) is 38.6 Å². The lowest BCUT2D eigenvalue weighted by molar-refractivity contribution is 0.0928. The molecule has 3 unspecified atom stereocenters. The summed E-state index contributed by atoms with van der Waals surface area (Å²) in [7, 11) is 0. The molecule has 2 aliphatic rings. The number of anilines is 1. The SMILES string of the molecule is Cc1cccc2c(N)c(C(=O)NC3CC4CCC3C4)sc12. The van der Waals surface area contributed by atoms with E-state index < -0.39 is 0 Å². The van der Waals surface area contributed by atoms with Crippen molar-refractivity contribution in [1.82, 2.24) is 5.32 Å². The van der Waals surface area contributed by atoms with Gasteiger partial charge in [-0.15, -0.1) is 11.3 Å². The van der Waals surface area contributed by atoms with Gasteiger partial charge in [0.2, 0.25) is 0 Å². The molecule has 1 heterocycles. The number of nitrogens with two attached hydrogens (primary N) is 1. The van der Waals surface area contributed by atoms with Crippen molar-refractivity contribution in [3.63, 3.8) is 0 Å². The van der Waals surface area contributed by atoms with Crippen LogP contribution in [0.25, 0.3) is 10.1 Å². The first kappa shape index (κ1) is 13.1. The molecule has 2 saturated carbocycles. The van der Waals surface area contributed by atoms with E-state index in [0.717, 1.165) is 22.4 Å². The molecular weight excluding hydrogens is 280 g/mol. The van der Waals surface area contributed by atoms with E-state index in [1.54, 1.807) is 0 Å². The Bertz CT molecular complexity index is 721. The number of carbonyl (C=O) groups is 1. The summed E-state index contributed by atoms with van der Waals surface area (Å²) in [5.41, 5.74) is 8.03. The molecule has 0 saturated heterocycles. The Hall–Kier alpha value is -1.55. The molecule has 4 heteroatoms. The van der Waals surface area contributed by atoms with E-state index in [1.807, 2.05) is 12.1 Å². The zero-order chi connectivity index (χ0) is 14.6. The van der Waals surface area contributed by atoms with Crippen molar-refractivity contribution < 1.29 is 4.79 Å². The van der Waals surface area contributed by atoms with Gasteiger partial charge in [0.1, 0.15) is 4.88 Å². The highest BCUT2D eigenvalue weighted by Crippen LogP contribution is 2.45. The van der Waals surface area contributed by atoms with Crippen LogP contribution in [0.2, 0.25) is 0 Å². The first-order valence-electron chi connectivity index (χ1n) is 7.72. The molecule has 2 aromatic rings. The van der Waals surface area contributed by atoms with E-state index in [4.69, 9.17) is 5.73 Å². The lowest BCUT2D eigenvalue weighted by Gasteiger charge is -2.22. The van der Waals surface area contributed by atoms with E-state index in [9.17, 15) is 4.79 Å². The molecule has 3 nitrogen and oxygen atoms in total. The number of hydrogen-bond acceptors (Lipinski definition) is 3. The summed E-state index contributed by atoms with van der Waals surface area (Å²) >= 11 is 1.52. The van der Waals surface area contributed by atoms with Crippen LogP contribution in [0.3, 0.4) is 0 Å². The molecule has 0 radical (unpaired) electrons. The van der Waals surface area contributed by atoms with Crippen molar-refractivity contribution in [1.29, 1.82) is 0 Å². The Labute approximate surface area is 128 Å². The van der Waals surface area contributed by atoms with Crippen LogP contribution in [0.4, 0.5) is 5.69 Å². The summed E-state index contributed by atoms with van der Waals surface area (Å²) in [6.45, 7) is 2.07. The molecular formula is C17H20N2OS. The number of amides is 1. The fraction of sp³-hybridized carbons (Fsp3) is 0.471. The molecule has 1 aromatic carbocycles. The average molecular weight is 300 g/mol. The lowest BCUT2D eigenvalue weighted by Crippen LogP contribution is -2.38. The van der Waals surface area contributed by atoms with E-state index in [-0.39, 0.29) is 5.91 Å². The Morgan fingerprint density at radius 3 is 2.86 bits per heavy atom. The summed E-state index contributed by atoms with van der Waals surface area (Å²) < 4.78 is 1.13. The maximum atomic E-state index is 12.6. The second-order valence-corrected chi connectivity index (χ2v) is 7.57. The maximum absolute atomic E-state index is 12.6. The Morgan fingerprint density at radius 2 is 2.19 bits per heavy atom. The van der Waals surface area contributed by atoms with Gasteiger partial charge in [-0.3, -0.25) is 4.79 Å². The Balaban J connectivity index is 1.62. The molecule has 2 bridgehead atoms. The van der Waals surface area contributed by atoms with Crippen LogP contribution >= 0.6 is 11.3 Å². The molecule has 110 valence electrons. The summed E-state index contributed by atoms with van der Waals surface area (Å²) in [5, 5.41) is 4.25. The van der Waals surface area contributed by atoms with Crippen molar-refractivity contribution in [2.24, 2.45) is 11.8 Å². The first-order chi connectivity index (χ1) is 10.1. The fourth-order valence-electron chi connectivity index (χ4n) is 4.10. The number of rotatable bonds is 2. The molecule has 0 spiro atoms. The van der Waals surface area contributed by atoms with Gasteiger partial charge < -0.3 is 11.1 Å². The van der Waals surface area contributed by atoms with Gasteiger partial charge in [0.15, 0.2) is 0 Å². The minimum Gasteiger partial charge on any atom is -0.397 e. The van der Waals surface area contributed by atoms with E-state index >= 15 is 0 Å². The second kappa shape index (κ2) is 4.73. The number of hydrogen-bond donors (Lipinski definition) is 2. The fourth-order valence-corrected chi connectivity index (χ4v) is 5.20. The minimum absolute atomic E-state index is 0.0191. The first-order valence-corrected chi connectivity index (χ1v) is 8.53. The van der Waals surface area contributed by atoms with Gasteiger partial charge in [0.05, 0.1) is 5.69 Å². The average Bonchev–Trinajstić information content (AvgIpc) is 3.14. The molecule has 1 aromatic heterocycles. The molecule has 4 rings (SSSR count). The lowest BCUT2D eigenvalue weighted by atomic mass is 9.95. The third kappa shape index (κ3) is 2.04. The van der Waals surface area contributed by atoms with Gasteiger partial charge in [-0.2, -0.15) is 0 Å². The van der Waals surface area contributed by atoms with Crippen LogP contribution in [0.5, 0.6) is 0 Å². The van der Waals surface area contributed by atoms with Crippen molar-refractivity contribution in [3.8, 4) is 0 Å². The Morgan fingerprint density at radius 1 is 1.33 bits per heavy atom. The van der Waals surface area contributed by atoms with Gasteiger partial charge >= 0.3 is 0 Å². The highest BCUT2D eigenvalue weighted by molar-refractivity contribution is 7.21. The maximum Gasteiger partial charge on any atom is 0.263 e. The van der Waals surface area contributed by atoms with Gasteiger partial charge in [-0.05, 0) is 43.6 Å². The van der Waals surface area contributed by atoms with Gasteiger partial charge in [-0.1, -0.05) is 24.6 Å². The number of nitrogens with one attached hydrogen (secondary N) is 1. The predicted molar refractivity (Wildman–Crippen MR) is 87.7 cm³/mol. The van der Waals surface area contributed by atoms with Crippen molar-refractivity contribution in [2.75, 3.05) is 5.73 Å². The van der Waals surface area contributed by atoms with Crippen LogP contribution < -0.4 is 11.1 Å². The van der Waals surface area contributed by atoms with Crippen LogP contribution in [-0.4, -0.2) is 11.9 Å². The normalized spacial score (nSPS) is 27.4. The molecule has 3 atom stereocenters. The number of carbonyl (C=O) groups excluding carboxylic acids is 1. The number of benzene rings is 1. The number of thiophene rings is 1. The smallest absolute Gasteiger partial charge is 0.263 e. The molecule has 2 aliphatic carbocycles. The molecule has 3 N–H and O–H groups in total. The van der Waals surface area contributed by atoms with Crippen LogP contribution in [-0.2, 0) is 0 Å². The molecule has 2 fully saturated rings. The van der Waals surface area contributed by atoms with Crippen LogP contribution in [0.15, 0.2) is 18.2 Å². The highest BCUT2D eigenvalue weighted by atomic mass is 32.1. The summed E-state index contributed by atoms with van der Waals surface area (Å²) in [5.74, 6) is 1.55. The van der Waals surface area contributed by atoms with Gasteiger partial charge in [0.25, 0.3) is 5.91 Å². The van der Waals surface area contributed by atoms with E-state index in [0.29, 0.717) is 22.5 Å². The van der Waals surface area contributed by atoms with Crippen molar-refractivity contribution in [3.05, 3.63) is 28.6 Å². The van der Waals surface area contributed by atoms with Crippen LogP contribution in [0, 0.1) is 18.8 Å². The van der Waals surface area contributed by atoms with Gasteiger partial charge in [0, 0.05) is 16.1 Å². The standard InChI is InChI=1S/C17H20N2OS/c1-9-3-2-4-12-14(18)16(21-15(9)12)17(20)19-13-8-10-5-6-11(13)7-10/h2-4,10-11,13H,5-8,18H2,1H3,(H,19,20). The molecule has 1 amide bonds. The minimum atomic E-state index is 0.0191. The molecule has 21 heavy (non-hydrogen) atoms. The third-order valence-corrected chi connectivity index (χ3v) is 6.57. The van der Waals surface area contributed by atoms with E-state index in [2.05, 4.69) is 18.3 Å². The largest absolute Gasteiger partial charge is 0.397 e. The number of aryl methyl sites for hydroxylation is 1. The van der Waals surface area contributed by atoms with E-state index in [1.165, 1.54) is 36.2 Å². The van der Waals surface area contributed by atoms with Crippen LogP contribution in [0.1, 0.15) is 40.9 Å². The monoisotopic (exact) mass is 300 g/mol. The molecule has 0 aliphatic heterocycles. The zero-order valence-corrected chi connectivity index (χ0v) is 13.0. The summed E-state index contributed by atoms with van der Waals surface area (Å²) in [6, 6.07) is 6.43. The zero-order valence-electron chi connectivity index (χ0n) is 12.2. The van der Waals surface area contributed by atoms with Crippen molar-refractivity contribution >= 4 is 33.0 Å². The quantitative estimate of drug-likeness (QED) is 0.888. The number of nitrogen functional groups attached to an aromatic ring is 1. The van der Waals surface area contributed by atoms with Gasteiger partial charge in [-0.25, -0.2) is 0 Å². The summed E-state index contributed by atoms with van der Waals surface area (Å²) in [6.07, 6.45) is 5.07. The number of fused-ring (bicyclic) bond motifs is 3.